The lowest BCUT2D eigenvalue weighted by Gasteiger charge is -2.01. The maximum atomic E-state index is 5.53. The predicted octanol–water partition coefficient (Wildman–Crippen LogP) is 0.434. The van der Waals surface area contributed by atoms with E-state index < -0.39 is 0 Å². The van der Waals surface area contributed by atoms with Crippen molar-refractivity contribution in [2.24, 2.45) is 17.9 Å². The van der Waals surface area contributed by atoms with Crippen LogP contribution in [0.4, 0.5) is 0 Å². The van der Waals surface area contributed by atoms with Gasteiger partial charge in [-0.05, 0) is 6.42 Å². The quantitative estimate of drug-likeness (QED) is 0.783. The molecule has 5 heteroatoms. The summed E-state index contributed by atoms with van der Waals surface area (Å²) in [4.78, 5) is 5.20. The molecule has 0 fully saturated rings. The highest BCUT2D eigenvalue weighted by atomic mass is 16.6. The molecule has 1 unspecified atom stereocenters. The molecule has 2 heterocycles. The third-order valence-electron chi connectivity index (χ3n) is 2.55. The molecule has 1 aliphatic heterocycles. The summed E-state index contributed by atoms with van der Waals surface area (Å²) >= 11 is 0. The van der Waals surface area contributed by atoms with Crippen molar-refractivity contribution in [2.45, 2.75) is 25.9 Å². The van der Waals surface area contributed by atoms with Gasteiger partial charge in [-0.15, -0.1) is 0 Å². The number of nitrogens with two attached hydrogens (primary N) is 1. The van der Waals surface area contributed by atoms with E-state index >= 15 is 0 Å². The lowest BCUT2D eigenvalue weighted by molar-refractivity contribution is 0.0918. The van der Waals surface area contributed by atoms with Crippen molar-refractivity contribution in [2.75, 3.05) is 6.54 Å². The first kappa shape index (κ1) is 10.2. The molecule has 0 amide bonds. The number of nitrogens with zero attached hydrogens (tertiary/aromatic N) is 3. The van der Waals surface area contributed by atoms with Crippen molar-refractivity contribution in [1.29, 1.82) is 0 Å². The van der Waals surface area contributed by atoms with Crippen LogP contribution in [0.5, 0.6) is 0 Å². The van der Waals surface area contributed by atoms with Crippen LogP contribution in [0.3, 0.4) is 0 Å². The zero-order valence-corrected chi connectivity index (χ0v) is 9.10. The summed E-state index contributed by atoms with van der Waals surface area (Å²) < 4.78 is 1.81. The van der Waals surface area contributed by atoms with E-state index in [1.807, 2.05) is 17.9 Å². The Morgan fingerprint density at radius 1 is 1.67 bits per heavy atom. The topological polar surface area (TPSA) is 65.4 Å². The van der Waals surface area contributed by atoms with Gasteiger partial charge in [0.2, 0.25) is 0 Å². The van der Waals surface area contributed by atoms with Crippen LogP contribution in [-0.2, 0) is 18.3 Å². The Morgan fingerprint density at radius 2 is 2.47 bits per heavy atom. The molecule has 0 saturated carbocycles. The van der Waals surface area contributed by atoms with E-state index in [4.69, 9.17) is 10.6 Å². The first-order valence-corrected chi connectivity index (χ1v) is 5.20. The van der Waals surface area contributed by atoms with E-state index in [2.05, 4.69) is 17.2 Å². The van der Waals surface area contributed by atoms with Crippen molar-refractivity contribution < 1.29 is 4.84 Å². The Morgan fingerprint density at radius 3 is 3.07 bits per heavy atom. The molecule has 5 nitrogen and oxygen atoms in total. The van der Waals surface area contributed by atoms with Gasteiger partial charge in [-0.2, -0.15) is 5.10 Å². The van der Waals surface area contributed by atoms with Gasteiger partial charge in [0.25, 0.3) is 0 Å². The average Bonchev–Trinajstić information content (AvgIpc) is 2.82. The van der Waals surface area contributed by atoms with Crippen LogP contribution in [0.1, 0.15) is 24.6 Å². The highest BCUT2D eigenvalue weighted by molar-refractivity contribution is 6.02. The van der Waals surface area contributed by atoms with Crippen molar-refractivity contribution in [3.8, 4) is 0 Å². The monoisotopic (exact) mass is 208 g/mol. The molecular formula is C10H16N4O. The van der Waals surface area contributed by atoms with Crippen LogP contribution in [0, 0.1) is 0 Å². The molecule has 82 valence electrons. The van der Waals surface area contributed by atoms with Gasteiger partial charge in [-0.3, -0.25) is 4.68 Å². The fourth-order valence-corrected chi connectivity index (χ4v) is 1.75. The van der Waals surface area contributed by atoms with E-state index in [0.717, 1.165) is 29.8 Å². The molecule has 1 aromatic heterocycles. The largest absolute Gasteiger partial charge is 0.390 e. The van der Waals surface area contributed by atoms with Crippen LogP contribution in [0.25, 0.3) is 0 Å². The molecule has 0 aromatic carbocycles. The third kappa shape index (κ3) is 1.87. The van der Waals surface area contributed by atoms with Crippen molar-refractivity contribution in [3.05, 3.63) is 17.5 Å². The maximum absolute atomic E-state index is 5.53. The summed E-state index contributed by atoms with van der Waals surface area (Å²) in [5.74, 6) is 0. The molecule has 1 aromatic rings. The van der Waals surface area contributed by atoms with Gasteiger partial charge in [0.15, 0.2) is 0 Å². The molecular weight excluding hydrogens is 192 g/mol. The standard InChI is InChI=1S/C10H16N4O/c1-3-9-8(6-14(2)12-9)10-4-7(5-11)15-13-10/h6-7H,3-5,11H2,1-2H3. The summed E-state index contributed by atoms with van der Waals surface area (Å²) in [5.41, 5.74) is 8.66. The normalized spacial score (nSPS) is 20.2. The summed E-state index contributed by atoms with van der Waals surface area (Å²) in [6.07, 6.45) is 3.71. The van der Waals surface area contributed by atoms with E-state index in [1.54, 1.807) is 0 Å². The summed E-state index contributed by atoms with van der Waals surface area (Å²) in [7, 11) is 1.92. The number of aryl methyl sites for hydroxylation is 2. The second-order valence-electron chi connectivity index (χ2n) is 3.72. The Kier molecular flexibility index (Phi) is 2.73. The van der Waals surface area contributed by atoms with Gasteiger partial charge >= 0.3 is 0 Å². The third-order valence-corrected chi connectivity index (χ3v) is 2.55. The minimum Gasteiger partial charge on any atom is -0.390 e. The Hall–Kier alpha value is -1.36. The molecule has 0 spiro atoms. The fourth-order valence-electron chi connectivity index (χ4n) is 1.75. The first-order valence-electron chi connectivity index (χ1n) is 5.20. The smallest absolute Gasteiger partial charge is 0.145 e. The van der Waals surface area contributed by atoms with Gasteiger partial charge in [-0.1, -0.05) is 12.1 Å². The molecule has 0 saturated heterocycles. The zero-order valence-electron chi connectivity index (χ0n) is 9.10. The number of oxime groups is 1. The van der Waals surface area contributed by atoms with Gasteiger partial charge in [0.05, 0.1) is 11.4 Å². The minimum absolute atomic E-state index is 0.0323. The van der Waals surface area contributed by atoms with E-state index in [1.165, 1.54) is 0 Å². The van der Waals surface area contributed by atoms with E-state index in [9.17, 15) is 0 Å². The van der Waals surface area contributed by atoms with E-state index in [-0.39, 0.29) is 6.10 Å². The zero-order chi connectivity index (χ0) is 10.8. The second-order valence-corrected chi connectivity index (χ2v) is 3.72. The highest BCUT2D eigenvalue weighted by Gasteiger charge is 2.23. The Labute approximate surface area is 88.9 Å². The number of rotatable bonds is 3. The fraction of sp³-hybridized carbons (Fsp3) is 0.600. The van der Waals surface area contributed by atoms with Crippen LogP contribution in [0.2, 0.25) is 0 Å². The molecule has 0 bridgehead atoms. The maximum Gasteiger partial charge on any atom is 0.145 e. The molecule has 2 rings (SSSR count). The van der Waals surface area contributed by atoms with Gasteiger partial charge in [0, 0.05) is 31.8 Å². The predicted molar refractivity (Wildman–Crippen MR) is 57.7 cm³/mol. The van der Waals surface area contributed by atoms with Gasteiger partial charge < -0.3 is 10.6 Å². The first-order chi connectivity index (χ1) is 7.24. The molecule has 2 N–H and O–H groups in total. The van der Waals surface area contributed by atoms with Crippen LogP contribution < -0.4 is 5.73 Å². The molecule has 1 aliphatic rings. The number of hydrogen-bond donors (Lipinski definition) is 1. The van der Waals surface area contributed by atoms with Crippen molar-refractivity contribution in [1.82, 2.24) is 9.78 Å². The lowest BCUT2D eigenvalue weighted by atomic mass is 10.0. The lowest BCUT2D eigenvalue weighted by Crippen LogP contribution is -2.20. The van der Waals surface area contributed by atoms with Crippen LogP contribution in [0.15, 0.2) is 11.4 Å². The van der Waals surface area contributed by atoms with Gasteiger partial charge in [-0.25, -0.2) is 0 Å². The van der Waals surface area contributed by atoms with Crippen molar-refractivity contribution >= 4 is 5.71 Å². The number of aromatic nitrogens is 2. The molecule has 15 heavy (non-hydrogen) atoms. The highest BCUT2D eigenvalue weighted by Crippen LogP contribution is 2.18. The Balaban J connectivity index is 2.23. The molecule has 0 aliphatic carbocycles. The number of hydrogen-bond acceptors (Lipinski definition) is 4. The van der Waals surface area contributed by atoms with E-state index in [0.29, 0.717) is 6.54 Å². The van der Waals surface area contributed by atoms with Gasteiger partial charge in [0.1, 0.15) is 6.10 Å². The summed E-state index contributed by atoms with van der Waals surface area (Å²) in [6.45, 7) is 2.59. The molecule has 1 atom stereocenters. The summed E-state index contributed by atoms with van der Waals surface area (Å²) in [5, 5.41) is 8.44. The molecule has 0 radical (unpaired) electrons. The second kappa shape index (κ2) is 4.02. The Bertz CT molecular complexity index is 383. The van der Waals surface area contributed by atoms with Crippen molar-refractivity contribution in [3.63, 3.8) is 0 Å². The van der Waals surface area contributed by atoms with Crippen LogP contribution >= 0.6 is 0 Å². The van der Waals surface area contributed by atoms with Crippen LogP contribution in [-0.4, -0.2) is 28.1 Å². The SMILES string of the molecule is CCc1nn(C)cc1C1=NOC(CN)C1. The average molecular weight is 208 g/mol. The minimum atomic E-state index is 0.0323. The summed E-state index contributed by atoms with van der Waals surface area (Å²) in [6, 6.07) is 0.